The van der Waals surface area contributed by atoms with E-state index in [1.165, 1.54) is 6.07 Å². The second kappa shape index (κ2) is 6.67. The smallest absolute Gasteiger partial charge is 0.303 e. The van der Waals surface area contributed by atoms with Gasteiger partial charge in [0.25, 0.3) is 6.43 Å². The van der Waals surface area contributed by atoms with E-state index in [9.17, 15) is 13.6 Å². The van der Waals surface area contributed by atoms with Crippen molar-refractivity contribution in [3.05, 3.63) is 35.0 Å². The van der Waals surface area contributed by atoms with E-state index in [-0.39, 0.29) is 12.1 Å². The summed E-state index contributed by atoms with van der Waals surface area (Å²) < 4.78 is 25.7. The number of rotatable bonds is 6. The van der Waals surface area contributed by atoms with Crippen LogP contribution in [0.5, 0.6) is 0 Å². The molecule has 0 fully saturated rings. The summed E-state index contributed by atoms with van der Waals surface area (Å²) in [7, 11) is 0. The molecule has 0 spiro atoms. The summed E-state index contributed by atoms with van der Waals surface area (Å²) in [6.07, 6.45) is -2.27. The highest BCUT2D eigenvalue weighted by Gasteiger charge is 2.13. The maximum atomic E-state index is 12.9. The van der Waals surface area contributed by atoms with E-state index >= 15 is 0 Å². The lowest BCUT2D eigenvalue weighted by atomic mass is 10.1. The lowest BCUT2D eigenvalue weighted by molar-refractivity contribution is -0.137. The fourth-order valence-corrected chi connectivity index (χ4v) is 2.11. The lowest BCUT2D eigenvalue weighted by Crippen LogP contribution is -2.06. The van der Waals surface area contributed by atoms with E-state index < -0.39 is 12.4 Å². The van der Waals surface area contributed by atoms with Crippen molar-refractivity contribution in [3.8, 4) is 0 Å². The van der Waals surface area contributed by atoms with Crippen LogP contribution in [0.1, 0.15) is 25.0 Å². The maximum absolute atomic E-state index is 12.9. The SMILES string of the molecule is O=C(O)CCCNc1cc(C(F)F)nc2ccc(Cl)cc12. The summed E-state index contributed by atoms with van der Waals surface area (Å²) in [6, 6.07) is 6.06. The summed E-state index contributed by atoms with van der Waals surface area (Å²) in [6.45, 7) is 0.362. The number of aliphatic carboxylic acids is 1. The van der Waals surface area contributed by atoms with Crippen molar-refractivity contribution in [1.29, 1.82) is 0 Å². The van der Waals surface area contributed by atoms with Gasteiger partial charge in [0.15, 0.2) is 0 Å². The normalized spacial score (nSPS) is 11.0. The van der Waals surface area contributed by atoms with Crippen LogP contribution in [0.25, 0.3) is 10.9 Å². The number of alkyl halides is 2. The molecule has 0 aliphatic carbocycles. The number of benzene rings is 1. The predicted molar refractivity (Wildman–Crippen MR) is 77.1 cm³/mol. The van der Waals surface area contributed by atoms with E-state index in [4.69, 9.17) is 16.7 Å². The number of halogens is 3. The van der Waals surface area contributed by atoms with Crippen LogP contribution < -0.4 is 5.32 Å². The Kier molecular flexibility index (Phi) is 4.90. The average Bonchev–Trinajstić information content (AvgIpc) is 2.43. The monoisotopic (exact) mass is 314 g/mol. The molecule has 0 amide bonds. The number of pyridine rings is 1. The zero-order valence-corrected chi connectivity index (χ0v) is 11.7. The quantitative estimate of drug-likeness (QED) is 0.788. The van der Waals surface area contributed by atoms with Gasteiger partial charge in [-0.05, 0) is 30.7 Å². The lowest BCUT2D eigenvalue weighted by Gasteiger charge is -2.11. The Morgan fingerprint density at radius 3 is 2.81 bits per heavy atom. The van der Waals surface area contributed by atoms with Crippen LogP contribution in [0.2, 0.25) is 5.02 Å². The largest absolute Gasteiger partial charge is 0.481 e. The Balaban J connectivity index is 2.29. The van der Waals surface area contributed by atoms with Gasteiger partial charge in [-0.15, -0.1) is 0 Å². The number of anilines is 1. The Hall–Kier alpha value is -1.95. The van der Waals surface area contributed by atoms with Gasteiger partial charge in [-0.1, -0.05) is 11.6 Å². The molecule has 21 heavy (non-hydrogen) atoms. The first-order valence-electron chi connectivity index (χ1n) is 6.31. The molecule has 1 heterocycles. The van der Waals surface area contributed by atoms with Crippen LogP contribution in [0.15, 0.2) is 24.3 Å². The van der Waals surface area contributed by atoms with Crippen molar-refractivity contribution in [2.75, 3.05) is 11.9 Å². The minimum atomic E-state index is -2.68. The van der Waals surface area contributed by atoms with Crippen molar-refractivity contribution in [2.45, 2.75) is 19.3 Å². The van der Waals surface area contributed by atoms with Gasteiger partial charge in [-0.3, -0.25) is 4.79 Å². The van der Waals surface area contributed by atoms with Gasteiger partial charge in [0, 0.05) is 29.1 Å². The highest BCUT2D eigenvalue weighted by Crippen LogP contribution is 2.29. The van der Waals surface area contributed by atoms with Crippen molar-refractivity contribution in [1.82, 2.24) is 4.98 Å². The van der Waals surface area contributed by atoms with E-state index in [1.807, 2.05) is 0 Å². The third-order valence-corrected chi connectivity index (χ3v) is 3.13. The number of nitrogens with one attached hydrogen (secondary N) is 1. The van der Waals surface area contributed by atoms with Gasteiger partial charge < -0.3 is 10.4 Å². The second-order valence-electron chi connectivity index (χ2n) is 4.48. The van der Waals surface area contributed by atoms with Crippen LogP contribution in [0, 0.1) is 0 Å². The summed E-state index contributed by atoms with van der Waals surface area (Å²) in [5, 5.41) is 12.7. The minimum Gasteiger partial charge on any atom is -0.481 e. The number of hydrogen-bond donors (Lipinski definition) is 2. The predicted octanol–water partition coefficient (Wildman–Crippen LogP) is 4.10. The minimum absolute atomic E-state index is 0.0124. The number of carboxylic acids is 1. The van der Waals surface area contributed by atoms with Gasteiger partial charge in [0.2, 0.25) is 0 Å². The third-order valence-electron chi connectivity index (χ3n) is 2.90. The first kappa shape index (κ1) is 15.4. The molecule has 2 rings (SSSR count). The molecule has 0 radical (unpaired) electrons. The van der Waals surface area contributed by atoms with E-state index in [2.05, 4.69) is 10.3 Å². The molecule has 0 atom stereocenters. The Labute approximate surface area is 124 Å². The Morgan fingerprint density at radius 1 is 1.38 bits per heavy atom. The van der Waals surface area contributed by atoms with Crippen LogP contribution in [0.3, 0.4) is 0 Å². The van der Waals surface area contributed by atoms with E-state index in [0.29, 0.717) is 34.6 Å². The number of carboxylic acid groups (broad SMARTS) is 1. The molecule has 7 heteroatoms. The highest BCUT2D eigenvalue weighted by molar-refractivity contribution is 6.31. The molecule has 0 unspecified atom stereocenters. The molecule has 1 aromatic carbocycles. The summed E-state index contributed by atoms with van der Waals surface area (Å²) >= 11 is 5.91. The van der Waals surface area contributed by atoms with Crippen molar-refractivity contribution in [3.63, 3.8) is 0 Å². The number of fused-ring (bicyclic) bond motifs is 1. The molecule has 112 valence electrons. The second-order valence-corrected chi connectivity index (χ2v) is 4.92. The van der Waals surface area contributed by atoms with Crippen LogP contribution in [0.4, 0.5) is 14.5 Å². The molecule has 0 saturated heterocycles. The standard InChI is InChI=1S/C14H13ClF2N2O2/c15-8-3-4-10-9(6-8)11(7-12(19-10)14(16)17)18-5-1-2-13(20)21/h3-4,6-7,14H,1-2,5H2,(H,18,19)(H,20,21). The van der Waals surface area contributed by atoms with Crippen molar-refractivity contribution in [2.24, 2.45) is 0 Å². The van der Waals surface area contributed by atoms with Crippen LogP contribution in [-0.4, -0.2) is 22.6 Å². The first-order valence-corrected chi connectivity index (χ1v) is 6.69. The first-order chi connectivity index (χ1) is 9.97. The van der Waals surface area contributed by atoms with E-state index in [1.54, 1.807) is 18.2 Å². The number of carbonyl (C=O) groups is 1. The molecule has 2 aromatic rings. The molecular weight excluding hydrogens is 302 g/mol. The van der Waals surface area contributed by atoms with Crippen molar-refractivity contribution >= 4 is 34.2 Å². The number of nitrogens with zero attached hydrogens (tertiary/aromatic N) is 1. The fraction of sp³-hybridized carbons (Fsp3) is 0.286. The number of aromatic nitrogens is 1. The molecule has 0 aliphatic rings. The average molecular weight is 315 g/mol. The molecule has 0 aliphatic heterocycles. The molecule has 0 saturated carbocycles. The van der Waals surface area contributed by atoms with Gasteiger partial charge in [-0.25, -0.2) is 13.8 Å². The molecule has 1 aromatic heterocycles. The van der Waals surface area contributed by atoms with Crippen LogP contribution in [-0.2, 0) is 4.79 Å². The van der Waals surface area contributed by atoms with Gasteiger partial charge >= 0.3 is 5.97 Å². The summed E-state index contributed by atoms with van der Waals surface area (Å²) in [4.78, 5) is 14.3. The summed E-state index contributed by atoms with van der Waals surface area (Å²) in [5.74, 6) is -0.896. The van der Waals surface area contributed by atoms with Gasteiger partial charge in [0.1, 0.15) is 5.69 Å². The molecule has 0 bridgehead atoms. The Morgan fingerprint density at radius 2 is 2.14 bits per heavy atom. The van der Waals surface area contributed by atoms with Gasteiger partial charge in [0.05, 0.1) is 5.52 Å². The van der Waals surface area contributed by atoms with Crippen molar-refractivity contribution < 1.29 is 18.7 Å². The van der Waals surface area contributed by atoms with E-state index in [0.717, 1.165) is 0 Å². The highest BCUT2D eigenvalue weighted by atomic mass is 35.5. The fourth-order valence-electron chi connectivity index (χ4n) is 1.94. The molecule has 4 nitrogen and oxygen atoms in total. The zero-order valence-electron chi connectivity index (χ0n) is 10.9. The molecule has 2 N–H and O–H groups in total. The van der Waals surface area contributed by atoms with Gasteiger partial charge in [-0.2, -0.15) is 0 Å². The Bertz CT molecular complexity index is 665. The topological polar surface area (TPSA) is 62.2 Å². The number of hydrogen-bond acceptors (Lipinski definition) is 3. The van der Waals surface area contributed by atoms with Crippen LogP contribution >= 0.6 is 11.6 Å². The summed E-state index contributed by atoms with van der Waals surface area (Å²) in [5.41, 5.74) is 0.562. The maximum Gasteiger partial charge on any atom is 0.303 e. The zero-order chi connectivity index (χ0) is 15.4. The third kappa shape index (κ3) is 4.01. The molecular formula is C14H13ClF2N2O2.